The van der Waals surface area contributed by atoms with Crippen molar-refractivity contribution >= 4 is 41.5 Å². The van der Waals surface area contributed by atoms with Gasteiger partial charge in [-0.2, -0.15) is 0 Å². The number of H-pyrrole nitrogens is 1. The van der Waals surface area contributed by atoms with E-state index in [0.717, 1.165) is 17.3 Å². The van der Waals surface area contributed by atoms with Gasteiger partial charge in [0.05, 0.1) is 48.9 Å². The highest BCUT2D eigenvalue weighted by Crippen LogP contribution is 2.45. The smallest absolute Gasteiger partial charge is 0.395 e. The second-order valence-electron chi connectivity index (χ2n) is 10.1. The number of aliphatic hydroxyl groups is 3. The Hall–Kier alpha value is -2.39. The molecule has 5 atom stereocenters. The fraction of sp³-hybridized carbons (Fsp3) is 0.480. The van der Waals surface area contributed by atoms with Gasteiger partial charge in [0.1, 0.15) is 17.9 Å². The van der Waals surface area contributed by atoms with Crippen molar-refractivity contribution in [3.63, 3.8) is 0 Å². The van der Waals surface area contributed by atoms with Crippen molar-refractivity contribution in [1.82, 2.24) is 25.4 Å². The first-order chi connectivity index (χ1) is 19.0. The number of aliphatic hydroxyl groups excluding tert-OH is 3. The summed E-state index contributed by atoms with van der Waals surface area (Å²) in [5.41, 5.74) is 7.46. The lowest BCUT2D eigenvalue weighted by Gasteiger charge is -2.23. The molecule has 0 spiro atoms. The zero-order valence-corrected chi connectivity index (χ0v) is 23.9. The minimum Gasteiger partial charge on any atom is -0.395 e. The molecule has 1 aromatic carbocycles. The van der Waals surface area contributed by atoms with Crippen LogP contribution in [-0.4, -0.2) is 79.2 Å². The zero-order chi connectivity index (χ0) is 28.9. The number of thioether (sulfide) groups is 1. The Morgan fingerprint density at radius 1 is 1.20 bits per heavy atom. The van der Waals surface area contributed by atoms with E-state index in [2.05, 4.69) is 25.4 Å². The highest BCUT2D eigenvalue weighted by Gasteiger charge is 2.44. The first kappa shape index (κ1) is 30.6. The Balaban J connectivity index is 1.41. The first-order valence-corrected chi connectivity index (χ1v) is 15.2. The molecule has 1 aliphatic heterocycles. The first-order valence-electron chi connectivity index (χ1n) is 12.7. The summed E-state index contributed by atoms with van der Waals surface area (Å²) in [4.78, 5) is 23.5. The number of hydrogen-bond acceptors (Lipinski definition) is 12. The number of aromatic amines is 1. The van der Waals surface area contributed by atoms with Crippen molar-refractivity contribution in [2.45, 2.75) is 44.7 Å². The molecular weight excluding hydrogens is 559 g/mol. The third kappa shape index (κ3) is 7.08. The minimum atomic E-state index is -3.92. The van der Waals surface area contributed by atoms with E-state index in [1.165, 1.54) is 6.33 Å². The quantitative estimate of drug-likeness (QED) is 0.111. The summed E-state index contributed by atoms with van der Waals surface area (Å²) in [6.07, 6.45) is 0.499. The third-order valence-electron chi connectivity index (χ3n) is 6.62. The maximum atomic E-state index is 13.7. The van der Waals surface area contributed by atoms with Crippen molar-refractivity contribution in [1.29, 1.82) is 0 Å². The summed E-state index contributed by atoms with van der Waals surface area (Å²) >= 11 is 0.972. The van der Waals surface area contributed by atoms with Crippen LogP contribution in [0.4, 0.5) is 5.82 Å². The highest BCUT2D eigenvalue weighted by molar-refractivity contribution is 8.13. The molecule has 1 unspecified atom stereocenters. The predicted molar refractivity (Wildman–Crippen MR) is 151 cm³/mol. The number of hydrogen-bond donors (Lipinski definition) is 7. The molecule has 0 radical (unpaired) electrons. The maximum absolute atomic E-state index is 13.7. The standard InChI is InChI=1S/C25H35N6O7PS/c1-25(2,13-32)24(35)40-9-8-37-39(36,30-10-15-6-4-3-5-7-15)38-12-17-21(33)22(34)19(31-17)16-11-27-20-18(16)28-14-29-23(20)26/h3-7,11,14,17,19,21-22,27,31-34H,8-10,12-13H2,1-2H3,(H,30,36)(H2,26,28,29)/t17-,19+,21-,22+,39?/m1/s1. The number of nitrogens with one attached hydrogen (secondary N) is 3. The van der Waals surface area contributed by atoms with Crippen molar-refractivity contribution in [3.05, 3.63) is 54.0 Å². The average Bonchev–Trinajstić information content (AvgIpc) is 3.51. The largest absolute Gasteiger partial charge is 0.405 e. The number of nitrogen functional groups attached to an aromatic ring is 1. The van der Waals surface area contributed by atoms with Crippen LogP contribution in [0.15, 0.2) is 42.9 Å². The summed E-state index contributed by atoms with van der Waals surface area (Å²) in [6, 6.07) is 7.76. The summed E-state index contributed by atoms with van der Waals surface area (Å²) in [5.74, 6) is 0.450. The average molecular weight is 595 g/mol. The summed E-state index contributed by atoms with van der Waals surface area (Å²) in [7, 11) is -3.92. The van der Waals surface area contributed by atoms with Gasteiger partial charge in [0.15, 0.2) is 10.9 Å². The summed E-state index contributed by atoms with van der Waals surface area (Å²) in [6.45, 7) is 2.85. The lowest BCUT2D eigenvalue weighted by atomic mass is 9.97. The van der Waals surface area contributed by atoms with Crippen LogP contribution in [0, 0.1) is 5.41 Å². The fourth-order valence-corrected chi connectivity index (χ4v) is 6.39. The van der Waals surface area contributed by atoms with E-state index in [-0.39, 0.29) is 43.1 Å². The molecule has 2 aromatic heterocycles. The van der Waals surface area contributed by atoms with Crippen LogP contribution in [-0.2, 0) is 25.0 Å². The van der Waals surface area contributed by atoms with E-state index in [4.69, 9.17) is 14.8 Å². The molecule has 3 heterocycles. The number of carbonyl (C=O) groups excluding carboxylic acids is 1. The van der Waals surface area contributed by atoms with Crippen LogP contribution in [0.1, 0.15) is 31.0 Å². The number of aromatic nitrogens is 3. The second-order valence-corrected chi connectivity index (χ2v) is 13.0. The van der Waals surface area contributed by atoms with Gasteiger partial charge in [0, 0.05) is 24.1 Å². The number of carbonyl (C=O) groups is 1. The summed E-state index contributed by atoms with van der Waals surface area (Å²) < 4.78 is 25.0. The zero-order valence-electron chi connectivity index (χ0n) is 22.2. The van der Waals surface area contributed by atoms with Gasteiger partial charge in [-0.1, -0.05) is 42.1 Å². The lowest BCUT2D eigenvalue weighted by Crippen LogP contribution is -2.37. The van der Waals surface area contributed by atoms with E-state index in [0.29, 0.717) is 16.6 Å². The van der Waals surface area contributed by atoms with E-state index < -0.39 is 37.5 Å². The monoisotopic (exact) mass is 594 g/mol. The van der Waals surface area contributed by atoms with Gasteiger partial charge < -0.3 is 31.4 Å². The van der Waals surface area contributed by atoms with Crippen LogP contribution in [0.3, 0.4) is 0 Å². The van der Waals surface area contributed by atoms with Gasteiger partial charge in [-0.15, -0.1) is 0 Å². The van der Waals surface area contributed by atoms with Crippen LogP contribution in [0.5, 0.6) is 0 Å². The van der Waals surface area contributed by atoms with Crippen molar-refractivity contribution in [3.8, 4) is 0 Å². The van der Waals surface area contributed by atoms with Crippen molar-refractivity contribution in [2.75, 3.05) is 31.3 Å². The van der Waals surface area contributed by atoms with Crippen LogP contribution in [0.25, 0.3) is 11.0 Å². The van der Waals surface area contributed by atoms with Crippen LogP contribution in [0.2, 0.25) is 0 Å². The Morgan fingerprint density at radius 2 is 1.95 bits per heavy atom. The van der Waals surface area contributed by atoms with Gasteiger partial charge in [-0.3, -0.25) is 13.8 Å². The molecule has 15 heteroatoms. The molecular formula is C25H35N6O7PS. The van der Waals surface area contributed by atoms with Gasteiger partial charge >= 0.3 is 7.75 Å². The molecule has 1 aliphatic rings. The Morgan fingerprint density at radius 3 is 2.67 bits per heavy atom. The molecule has 40 heavy (non-hydrogen) atoms. The van der Waals surface area contributed by atoms with Crippen LogP contribution >= 0.6 is 19.5 Å². The van der Waals surface area contributed by atoms with E-state index in [9.17, 15) is 24.7 Å². The molecule has 4 rings (SSSR count). The third-order valence-corrected chi connectivity index (χ3v) is 9.37. The fourth-order valence-electron chi connectivity index (χ4n) is 4.14. The Bertz CT molecular complexity index is 1340. The molecule has 13 nitrogen and oxygen atoms in total. The number of rotatable bonds is 13. The molecule has 0 bridgehead atoms. The maximum Gasteiger partial charge on any atom is 0.405 e. The number of anilines is 1. The SMILES string of the molecule is CC(C)(CO)C(=O)SCCOP(=O)(NCc1ccccc1)OC[C@H]1N[C@@H](c2c[nH]c3c(N)ncnc23)[C@H](O)[C@@H]1O. The Kier molecular flexibility index (Phi) is 9.98. The Labute approximate surface area is 235 Å². The van der Waals surface area contributed by atoms with Gasteiger partial charge in [-0.25, -0.2) is 19.6 Å². The highest BCUT2D eigenvalue weighted by atomic mass is 32.2. The molecule has 3 aromatic rings. The van der Waals surface area contributed by atoms with Gasteiger partial charge in [-0.05, 0) is 19.4 Å². The number of benzene rings is 1. The number of nitrogens with two attached hydrogens (primary N) is 1. The normalized spacial score (nSPS) is 22.9. The second kappa shape index (κ2) is 13.1. The molecule has 1 saturated heterocycles. The molecule has 0 saturated carbocycles. The minimum absolute atomic E-state index is 0.0701. The molecule has 218 valence electrons. The number of nitrogens with zero attached hydrogens (tertiary/aromatic N) is 2. The van der Waals surface area contributed by atoms with E-state index in [1.54, 1.807) is 20.0 Å². The predicted octanol–water partition coefficient (Wildman–Crippen LogP) is 1.48. The van der Waals surface area contributed by atoms with Gasteiger partial charge in [0.2, 0.25) is 0 Å². The van der Waals surface area contributed by atoms with Gasteiger partial charge in [0.25, 0.3) is 0 Å². The van der Waals surface area contributed by atoms with Crippen molar-refractivity contribution in [2.24, 2.45) is 5.41 Å². The van der Waals surface area contributed by atoms with E-state index >= 15 is 0 Å². The molecule has 0 amide bonds. The summed E-state index contributed by atoms with van der Waals surface area (Å²) in [5, 5.41) is 36.7. The topological polar surface area (TPSA) is 205 Å². The molecule has 0 aliphatic carbocycles. The molecule has 8 N–H and O–H groups in total. The lowest BCUT2D eigenvalue weighted by molar-refractivity contribution is -0.119. The number of fused-ring (bicyclic) bond motifs is 1. The van der Waals surface area contributed by atoms with Crippen molar-refractivity contribution < 1.29 is 33.7 Å². The van der Waals surface area contributed by atoms with Crippen LogP contribution < -0.4 is 16.1 Å². The van der Waals surface area contributed by atoms with E-state index in [1.807, 2.05) is 30.3 Å². The molecule has 1 fully saturated rings.